The van der Waals surface area contributed by atoms with Crippen molar-refractivity contribution < 1.29 is 18.0 Å². The lowest BCUT2D eigenvalue weighted by Gasteiger charge is -2.33. The highest BCUT2D eigenvalue weighted by molar-refractivity contribution is 7.89. The second-order valence-corrected chi connectivity index (χ2v) is 10.2. The van der Waals surface area contributed by atoms with E-state index < -0.39 is 16.1 Å². The highest BCUT2D eigenvalue weighted by Crippen LogP contribution is 2.33. The van der Waals surface area contributed by atoms with Crippen LogP contribution in [0.2, 0.25) is 0 Å². The van der Waals surface area contributed by atoms with Gasteiger partial charge in [0.1, 0.15) is 0 Å². The van der Waals surface area contributed by atoms with Crippen molar-refractivity contribution >= 4 is 38.4 Å². The maximum Gasteiger partial charge on any atom is 0.241 e. The Morgan fingerprint density at radius 1 is 1.06 bits per heavy atom. The van der Waals surface area contributed by atoms with E-state index in [0.29, 0.717) is 24.7 Å². The highest BCUT2D eigenvalue weighted by Gasteiger charge is 2.30. The van der Waals surface area contributed by atoms with Gasteiger partial charge in [-0.15, -0.1) is 0 Å². The molecule has 33 heavy (non-hydrogen) atoms. The second kappa shape index (κ2) is 9.36. The van der Waals surface area contributed by atoms with Gasteiger partial charge in [0.2, 0.25) is 21.8 Å². The number of amides is 2. The van der Waals surface area contributed by atoms with Crippen LogP contribution in [0.25, 0.3) is 10.9 Å². The Morgan fingerprint density at radius 3 is 2.39 bits per heavy atom. The fourth-order valence-electron chi connectivity index (χ4n) is 4.39. The molecule has 1 atom stereocenters. The van der Waals surface area contributed by atoms with Gasteiger partial charge in [-0.1, -0.05) is 18.2 Å². The Kier molecular flexibility index (Phi) is 6.53. The number of likely N-dealkylation sites (tertiary alicyclic amines) is 1. The number of para-hydroxylation sites is 1. The Labute approximate surface area is 193 Å². The molecule has 3 N–H and O–H groups in total. The molecule has 2 heterocycles. The molecule has 1 aliphatic heterocycles. The standard InChI is InChI=1S/C24H28N4O4S/c1-16(27-33(31,32)20-9-7-19(8-10-20)26-17(2)29)24(30)28-13-11-18(12-14-28)22-15-25-23-6-4-3-5-21(22)23/h3-10,15-16,18,25,27H,11-14H2,1-2H3,(H,26,29). The van der Waals surface area contributed by atoms with Gasteiger partial charge in [0.15, 0.2) is 0 Å². The average molecular weight is 469 g/mol. The minimum atomic E-state index is -3.87. The van der Waals surface area contributed by atoms with Crippen molar-refractivity contribution in [3.05, 3.63) is 60.3 Å². The Bertz CT molecular complexity index is 1260. The van der Waals surface area contributed by atoms with Crippen molar-refractivity contribution in [2.45, 2.75) is 43.5 Å². The van der Waals surface area contributed by atoms with Gasteiger partial charge in [0.05, 0.1) is 10.9 Å². The molecule has 4 rings (SSSR count). The summed E-state index contributed by atoms with van der Waals surface area (Å²) in [7, 11) is -3.87. The maximum absolute atomic E-state index is 12.9. The topological polar surface area (TPSA) is 111 Å². The van der Waals surface area contributed by atoms with Crippen molar-refractivity contribution in [3.63, 3.8) is 0 Å². The van der Waals surface area contributed by atoms with E-state index in [9.17, 15) is 18.0 Å². The van der Waals surface area contributed by atoms with Crippen LogP contribution in [0.5, 0.6) is 0 Å². The number of anilines is 1. The number of H-pyrrole nitrogens is 1. The minimum Gasteiger partial charge on any atom is -0.361 e. The first-order valence-electron chi connectivity index (χ1n) is 11.0. The molecule has 9 heteroatoms. The van der Waals surface area contributed by atoms with E-state index in [2.05, 4.69) is 33.4 Å². The fraction of sp³-hybridized carbons (Fsp3) is 0.333. The molecule has 0 radical (unpaired) electrons. The molecule has 3 aromatic rings. The number of hydrogen-bond donors (Lipinski definition) is 3. The molecule has 174 valence electrons. The van der Waals surface area contributed by atoms with Gasteiger partial charge in [0.25, 0.3) is 0 Å². The number of carbonyl (C=O) groups excluding carboxylic acids is 2. The summed E-state index contributed by atoms with van der Waals surface area (Å²) in [4.78, 5) is 29.1. The number of sulfonamides is 1. The summed E-state index contributed by atoms with van der Waals surface area (Å²) in [6.07, 6.45) is 3.72. The third kappa shape index (κ3) is 5.09. The number of fused-ring (bicyclic) bond motifs is 1. The zero-order valence-corrected chi connectivity index (χ0v) is 19.5. The van der Waals surface area contributed by atoms with E-state index in [1.54, 1.807) is 11.8 Å². The summed E-state index contributed by atoms with van der Waals surface area (Å²) in [5.41, 5.74) is 2.89. The number of aromatic nitrogens is 1. The molecule has 1 saturated heterocycles. The van der Waals surface area contributed by atoms with Gasteiger partial charge in [-0.25, -0.2) is 8.42 Å². The predicted molar refractivity (Wildman–Crippen MR) is 127 cm³/mol. The van der Waals surface area contributed by atoms with Gasteiger partial charge in [-0.05, 0) is 61.6 Å². The zero-order chi connectivity index (χ0) is 23.6. The van der Waals surface area contributed by atoms with E-state index in [1.807, 2.05) is 12.1 Å². The van der Waals surface area contributed by atoms with E-state index in [-0.39, 0.29) is 16.7 Å². The maximum atomic E-state index is 12.9. The number of aromatic amines is 1. The summed E-state index contributed by atoms with van der Waals surface area (Å²) in [5.74, 6) is -0.110. The molecule has 1 fully saturated rings. The molecule has 2 amide bonds. The third-order valence-corrected chi connectivity index (χ3v) is 7.61. The summed E-state index contributed by atoms with van der Waals surface area (Å²) >= 11 is 0. The highest BCUT2D eigenvalue weighted by atomic mass is 32.2. The number of carbonyl (C=O) groups is 2. The molecule has 8 nitrogen and oxygen atoms in total. The molecular formula is C24H28N4O4S. The van der Waals surface area contributed by atoms with Gasteiger partial charge < -0.3 is 15.2 Å². The first kappa shape index (κ1) is 23.0. The Hall–Kier alpha value is -3.17. The molecule has 0 bridgehead atoms. The predicted octanol–water partition coefficient (Wildman–Crippen LogP) is 3.20. The Balaban J connectivity index is 1.36. The van der Waals surface area contributed by atoms with E-state index in [0.717, 1.165) is 18.4 Å². The molecule has 1 aliphatic rings. The van der Waals surface area contributed by atoms with Gasteiger partial charge >= 0.3 is 0 Å². The third-order valence-electron chi connectivity index (χ3n) is 6.06. The monoisotopic (exact) mass is 468 g/mol. The van der Waals surface area contributed by atoms with Crippen LogP contribution in [-0.4, -0.2) is 49.2 Å². The molecule has 0 aliphatic carbocycles. The lowest BCUT2D eigenvalue weighted by molar-refractivity contribution is -0.133. The summed E-state index contributed by atoms with van der Waals surface area (Å²) in [6.45, 7) is 4.11. The summed E-state index contributed by atoms with van der Waals surface area (Å²) in [6, 6.07) is 13.1. The molecule has 0 saturated carbocycles. The van der Waals surface area contributed by atoms with Crippen LogP contribution in [0.1, 0.15) is 38.2 Å². The number of benzene rings is 2. The van der Waals surface area contributed by atoms with Crippen molar-refractivity contribution in [2.24, 2.45) is 0 Å². The second-order valence-electron chi connectivity index (χ2n) is 8.44. The molecule has 2 aromatic carbocycles. The number of nitrogens with one attached hydrogen (secondary N) is 3. The average Bonchev–Trinajstić information content (AvgIpc) is 3.22. The SMILES string of the molecule is CC(=O)Nc1ccc(S(=O)(=O)NC(C)C(=O)N2CCC(c3c[nH]c4ccccc34)CC2)cc1. The molecule has 1 aromatic heterocycles. The van der Waals surface area contributed by atoms with Crippen LogP contribution in [0.4, 0.5) is 5.69 Å². The normalized spacial score (nSPS) is 16.0. The van der Waals surface area contributed by atoms with Crippen molar-refractivity contribution in [3.8, 4) is 0 Å². The lowest BCUT2D eigenvalue weighted by atomic mass is 9.89. The van der Waals surface area contributed by atoms with E-state index in [4.69, 9.17) is 0 Å². The van der Waals surface area contributed by atoms with Gasteiger partial charge in [0, 0.05) is 42.8 Å². The first-order valence-corrected chi connectivity index (χ1v) is 12.5. The molecule has 1 unspecified atom stereocenters. The molecule has 0 spiro atoms. The Morgan fingerprint density at radius 2 is 1.73 bits per heavy atom. The van der Waals surface area contributed by atoms with Crippen molar-refractivity contribution in [1.29, 1.82) is 0 Å². The number of piperidine rings is 1. The number of nitrogens with zero attached hydrogens (tertiary/aromatic N) is 1. The number of rotatable bonds is 6. The van der Waals surface area contributed by atoms with Crippen LogP contribution >= 0.6 is 0 Å². The van der Waals surface area contributed by atoms with Crippen LogP contribution in [0.15, 0.2) is 59.6 Å². The zero-order valence-electron chi connectivity index (χ0n) is 18.7. The fourth-order valence-corrected chi connectivity index (χ4v) is 5.59. The van der Waals surface area contributed by atoms with Crippen LogP contribution < -0.4 is 10.0 Å². The number of hydrogen-bond acceptors (Lipinski definition) is 4. The first-order chi connectivity index (χ1) is 15.7. The van der Waals surface area contributed by atoms with E-state index >= 15 is 0 Å². The van der Waals surface area contributed by atoms with Crippen LogP contribution in [0.3, 0.4) is 0 Å². The summed E-state index contributed by atoms with van der Waals surface area (Å²) in [5, 5.41) is 3.81. The van der Waals surface area contributed by atoms with Crippen LogP contribution in [-0.2, 0) is 19.6 Å². The molecular weight excluding hydrogens is 440 g/mol. The van der Waals surface area contributed by atoms with Crippen LogP contribution in [0, 0.1) is 0 Å². The van der Waals surface area contributed by atoms with Gasteiger partial charge in [-0.2, -0.15) is 4.72 Å². The lowest BCUT2D eigenvalue weighted by Crippen LogP contribution is -2.49. The van der Waals surface area contributed by atoms with Gasteiger partial charge in [-0.3, -0.25) is 9.59 Å². The smallest absolute Gasteiger partial charge is 0.241 e. The minimum absolute atomic E-state index is 0.0364. The quantitative estimate of drug-likeness (QED) is 0.516. The largest absolute Gasteiger partial charge is 0.361 e. The van der Waals surface area contributed by atoms with Crippen molar-refractivity contribution in [2.75, 3.05) is 18.4 Å². The van der Waals surface area contributed by atoms with E-state index in [1.165, 1.54) is 42.1 Å². The summed E-state index contributed by atoms with van der Waals surface area (Å²) < 4.78 is 27.9. The van der Waals surface area contributed by atoms with Crippen molar-refractivity contribution in [1.82, 2.24) is 14.6 Å².